The summed E-state index contributed by atoms with van der Waals surface area (Å²) in [5.41, 5.74) is 1.90. The van der Waals surface area contributed by atoms with Crippen LogP contribution < -0.4 is 10.1 Å². The molecule has 4 nitrogen and oxygen atoms in total. The SMILES string of the molecule is CCCOc1ccc(-c2cncc(NCC)n2)cc1. The number of nitrogens with one attached hydrogen (secondary N) is 1. The first-order valence-electron chi connectivity index (χ1n) is 6.62. The van der Waals surface area contributed by atoms with Gasteiger partial charge in [-0.3, -0.25) is 4.98 Å². The highest BCUT2D eigenvalue weighted by Gasteiger charge is 2.02. The molecule has 0 saturated carbocycles. The molecule has 0 bridgehead atoms. The van der Waals surface area contributed by atoms with Crippen molar-refractivity contribution < 1.29 is 4.74 Å². The van der Waals surface area contributed by atoms with Gasteiger partial charge in [0.25, 0.3) is 0 Å². The molecule has 0 radical (unpaired) electrons. The second-order valence-electron chi connectivity index (χ2n) is 4.19. The number of benzene rings is 1. The minimum atomic E-state index is 0.745. The van der Waals surface area contributed by atoms with Crippen molar-refractivity contribution in [3.8, 4) is 17.0 Å². The average molecular weight is 257 g/mol. The van der Waals surface area contributed by atoms with Crippen LogP contribution in [-0.4, -0.2) is 23.1 Å². The molecule has 0 aliphatic rings. The zero-order valence-corrected chi connectivity index (χ0v) is 11.4. The van der Waals surface area contributed by atoms with Crippen LogP contribution in [0.25, 0.3) is 11.3 Å². The van der Waals surface area contributed by atoms with E-state index >= 15 is 0 Å². The molecule has 1 N–H and O–H groups in total. The average Bonchev–Trinajstić information content (AvgIpc) is 2.46. The van der Waals surface area contributed by atoms with Crippen LogP contribution in [-0.2, 0) is 0 Å². The van der Waals surface area contributed by atoms with Gasteiger partial charge in [-0.2, -0.15) is 0 Å². The van der Waals surface area contributed by atoms with Crippen molar-refractivity contribution in [1.29, 1.82) is 0 Å². The zero-order valence-electron chi connectivity index (χ0n) is 11.4. The van der Waals surface area contributed by atoms with Gasteiger partial charge in [0.15, 0.2) is 0 Å². The first kappa shape index (κ1) is 13.3. The minimum absolute atomic E-state index is 0.745. The second kappa shape index (κ2) is 6.73. The molecular weight excluding hydrogens is 238 g/mol. The lowest BCUT2D eigenvalue weighted by Gasteiger charge is -2.07. The Kier molecular flexibility index (Phi) is 4.72. The molecule has 1 aromatic carbocycles. The van der Waals surface area contributed by atoms with Crippen LogP contribution in [0.2, 0.25) is 0 Å². The molecule has 4 heteroatoms. The van der Waals surface area contributed by atoms with E-state index in [0.717, 1.165) is 42.4 Å². The summed E-state index contributed by atoms with van der Waals surface area (Å²) in [7, 11) is 0. The molecule has 0 atom stereocenters. The quantitative estimate of drug-likeness (QED) is 0.862. The maximum Gasteiger partial charge on any atom is 0.145 e. The molecule has 0 spiro atoms. The summed E-state index contributed by atoms with van der Waals surface area (Å²) in [5.74, 6) is 1.69. The predicted molar refractivity (Wildman–Crippen MR) is 77.4 cm³/mol. The van der Waals surface area contributed by atoms with E-state index in [0.29, 0.717) is 0 Å². The maximum atomic E-state index is 5.56. The van der Waals surface area contributed by atoms with Crippen molar-refractivity contribution in [2.75, 3.05) is 18.5 Å². The molecule has 0 amide bonds. The highest BCUT2D eigenvalue weighted by atomic mass is 16.5. The number of rotatable bonds is 6. The van der Waals surface area contributed by atoms with Crippen LogP contribution in [0.1, 0.15) is 20.3 Å². The third-order valence-corrected chi connectivity index (χ3v) is 2.62. The van der Waals surface area contributed by atoms with Crippen LogP contribution in [0, 0.1) is 0 Å². The van der Waals surface area contributed by atoms with Crippen LogP contribution >= 0.6 is 0 Å². The summed E-state index contributed by atoms with van der Waals surface area (Å²) in [5, 5.41) is 3.16. The van der Waals surface area contributed by atoms with Gasteiger partial charge in [-0.05, 0) is 37.6 Å². The fourth-order valence-electron chi connectivity index (χ4n) is 1.71. The fourth-order valence-corrected chi connectivity index (χ4v) is 1.71. The van der Waals surface area contributed by atoms with E-state index in [1.165, 1.54) is 0 Å². The molecule has 0 saturated heterocycles. The number of hydrogen-bond acceptors (Lipinski definition) is 4. The number of nitrogens with zero attached hydrogens (tertiary/aromatic N) is 2. The van der Waals surface area contributed by atoms with E-state index in [-0.39, 0.29) is 0 Å². The van der Waals surface area contributed by atoms with Crippen molar-refractivity contribution in [3.05, 3.63) is 36.7 Å². The van der Waals surface area contributed by atoms with Crippen molar-refractivity contribution in [2.24, 2.45) is 0 Å². The molecule has 100 valence electrons. The zero-order chi connectivity index (χ0) is 13.5. The highest BCUT2D eigenvalue weighted by Crippen LogP contribution is 2.21. The van der Waals surface area contributed by atoms with Gasteiger partial charge in [0.1, 0.15) is 11.6 Å². The second-order valence-corrected chi connectivity index (χ2v) is 4.19. The highest BCUT2D eigenvalue weighted by molar-refractivity contribution is 5.60. The van der Waals surface area contributed by atoms with Crippen LogP contribution in [0.3, 0.4) is 0 Å². The molecule has 2 aromatic rings. The van der Waals surface area contributed by atoms with Gasteiger partial charge in [-0.1, -0.05) is 6.92 Å². The smallest absolute Gasteiger partial charge is 0.145 e. The summed E-state index contributed by atoms with van der Waals surface area (Å²) >= 11 is 0. The Bertz CT molecular complexity index is 511. The predicted octanol–water partition coefficient (Wildman–Crippen LogP) is 3.36. The van der Waals surface area contributed by atoms with E-state index in [9.17, 15) is 0 Å². The lowest BCUT2D eigenvalue weighted by Crippen LogP contribution is -2.00. The van der Waals surface area contributed by atoms with Crippen LogP contribution in [0.4, 0.5) is 5.82 Å². The first-order chi connectivity index (χ1) is 9.33. The summed E-state index contributed by atoms with van der Waals surface area (Å²) in [6.45, 7) is 5.71. The number of hydrogen-bond donors (Lipinski definition) is 1. The minimum Gasteiger partial charge on any atom is -0.494 e. The van der Waals surface area contributed by atoms with Gasteiger partial charge in [0, 0.05) is 12.1 Å². The third-order valence-electron chi connectivity index (χ3n) is 2.62. The molecule has 1 aromatic heterocycles. The molecule has 0 fully saturated rings. The normalized spacial score (nSPS) is 10.2. The van der Waals surface area contributed by atoms with Crippen molar-refractivity contribution in [1.82, 2.24) is 9.97 Å². The monoisotopic (exact) mass is 257 g/mol. The van der Waals surface area contributed by atoms with Gasteiger partial charge in [-0.25, -0.2) is 4.98 Å². The third kappa shape index (κ3) is 3.68. The van der Waals surface area contributed by atoms with Gasteiger partial charge in [-0.15, -0.1) is 0 Å². The largest absolute Gasteiger partial charge is 0.494 e. The molecule has 0 unspecified atom stereocenters. The summed E-state index contributed by atoms with van der Waals surface area (Å²) in [6, 6.07) is 7.94. The lowest BCUT2D eigenvalue weighted by atomic mass is 10.1. The maximum absolute atomic E-state index is 5.56. The Hall–Kier alpha value is -2.10. The van der Waals surface area contributed by atoms with E-state index < -0.39 is 0 Å². The van der Waals surface area contributed by atoms with E-state index in [1.807, 2.05) is 31.2 Å². The Balaban J connectivity index is 2.14. The Labute approximate surface area is 113 Å². The first-order valence-corrected chi connectivity index (χ1v) is 6.62. The van der Waals surface area contributed by atoms with Crippen molar-refractivity contribution >= 4 is 5.82 Å². The van der Waals surface area contributed by atoms with Gasteiger partial charge in [0.2, 0.25) is 0 Å². The van der Waals surface area contributed by atoms with Crippen LogP contribution in [0.5, 0.6) is 5.75 Å². The van der Waals surface area contributed by atoms with Crippen molar-refractivity contribution in [2.45, 2.75) is 20.3 Å². The molecular formula is C15H19N3O. The Morgan fingerprint density at radius 3 is 2.58 bits per heavy atom. The lowest BCUT2D eigenvalue weighted by molar-refractivity contribution is 0.317. The summed E-state index contributed by atoms with van der Waals surface area (Å²) in [6.07, 6.45) is 4.51. The van der Waals surface area contributed by atoms with E-state index in [2.05, 4.69) is 22.2 Å². The molecule has 1 heterocycles. The number of anilines is 1. The van der Waals surface area contributed by atoms with E-state index in [1.54, 1.807) is 12.4 Å². The topological polar surface area (TPSA) is 47.0 Å². The van der Waals surface area contributed by atoms with Gasteiger partial charge >= 0.3 is 0 Å². The summed E-state index contributed by atoms with van der Waals surface area (Å²) < 4.78 is 5.56. The summed E-state index contributed by atoms with van der Waals surface area (Å²) in [4.78, 5) is 8.71. The molecule has 2 rings (SSSR count). The molecule has 0 aliphatic heterocycles. The number of aromatic nitrogens is 2. The van der Waals surface area contributed by atoms with Crippen molar-refractivity contribution in [3.63, 3.8) is 0 Å². The molecule has 0 aliphatic carbocycles. The number of ether oxygens (including phenoxy) is 1. The fraction of sp³-hybridized carbons (Fsp3) is 0.333. The van der Waals surface area contributed by atoms with Gasteiger partial charge in [0.05, 0.1) is 24.7 Å². The molecule has 19 heavy (non-hydrogen) atoms. The van der Waals surface area contributed by atoms with Gasteiger partial charge < -0.3 is 10.1 Å². The Morgan fingerprint density at radius 1 is 1.11 bits per heavy atom. The van der Waals surface area contributed by atoms with Crippen LogP contribution in [0.15, 0.2) is 36.7 Å². The standard InChI is InChI=1S/C15H19N3O/c1-3-9-19-13-7-5-12(6-8-13)14-10-16-11-15(18-14)17-4-2/h5-8,10-11H,3-4,9H2,1-2H3,(H,17,18). The Morgan fingerprint density at radius 2 is 1.89 bits per heavy atom. The van der Waals surface area contributed by atoms with E-state index in [4.69, 9.17) is 4.74 Å².